The molecule has 0 saturated carbocycles. The molecule has 4 aromatic carbocycles. The van der Waals surface area contributed by atoms with Crippen LogP contribution in [0, 0.1) is 34.6 Å². The van der Waals surface area contributed by atoms with Crippen molar-refractivity contribution in [3.8, 4) is 5.75 Å². The van der Waals surface area contributed by atoms with E-state index in [0.29, 0.717) is 22.4 Å². The number of anilines is 4. The Labute approximate surface area is 275 Å². The average molecular weight is 698 g/mol. The lowest BCUT2D eigenvalue weighted by Gasteiger charge is -2.15. The Balaban J connectivity index is 1.65. The van der Waals surface area contributed by atoms with Crippen LogP contribution < -0.4 is 10.6 Å². The van der Waals surface area contributed by atoms with Crippen molar-refractivity contribution in [3.63, 3.8) is 0 Å². The van der Waals surface area contributed by atoms with Crippen LogP contribution in [0.25, 0.3) is 10.8 Å². The van der Waals surface area contributed by atoms with Crippen LogP contribution in [0.15, 0.2) is 68.6 Å². The predicted molar refractivity (Wildman–Crippen MR) is 177 cm³/mol. The second-order valence-electron chi connectivity index (χ2n) is 10.8. The number of aryl methyl sites for hydroxylation is 5. The zero-order valence-corrected chi connectivity index (χ0v) is 27.9. The lowest BCUT2D eigenvalue weighted by molar-refractivity contribution is 0.480. The zero-order chi connectivity index (χ0) is 34.4. The molecule has 0 unspecified atom stereocenters. The number of hydrogen-bond donors (Lipinski definition) is 5. The van der Waals surface area contributed by atoms with Crippen LogP contribution in [0.1, 0.15) is 27.8 Å². The number of aromatic nitrogens is 3. The van der Waals surface area contributed by atoms with Gasteiger partial charge in [-0.15, -0.1) is 10.2 Å². The number of aromatic hydroxyl groups is 1. The van der Waals surface area contributed by atoms with Crippen LogP contribution in [0.3, 0.4) is 0 Å². The third-order valence-corrected chi connectivity index (χ3v) is 9.12. The molecule has 5 aromatic rings. The highest BCUT2D eigenvalue weighted by atomic mass is 35.5. The minimum Gasteiger partial charge on any atom is -0.505 e. The summed E-state index contributed by atoms with van der Waals surface area (Å²) in [6.45, 7) is 8.80. The minimum absolute atomic E-state index is 0.0347. The van der Waals surface area contributed by atoms with Gasteiger partial charge in [0.1, 0.15) is 16.3 Å². The first-order chi connectivity index (χ1) is 21.9. The summed E-state index contributed by atoms with van der Waals surface area (Å²) in [6, 6.07) is 12.1. The Kier molecular flexibility index (Phi) is 8.91. The summed E-state index contributed by atoms with van der Waals surface area (Å²) in [7, 11) is -9.38. The number of benzene rings is 4. The lowest BCUT2D eigenvalue weighted by Crippen LogP contribution is -2.06. The largest absolute Gasteiger partial charge is 0.505 e. The second kappa shape index (κ2) is 12.5. The lowest BCUT2D eigenvalue weighted by atomic mass is 10.0. The molecule has 5 N–H and O–H groups in total. The maximum Gasteiger partial charge on any atom is 0.296 e. The van der Waals surface area contributed by atoms with Crippen molar-refractivity contribution in [2.24, 2.45) is 10.2 Å². The molecule has 17 heteroatoms. The molecule has 1 heterocycles. The van der Waals surface area contributed by atoms with E-state index in [1.54, 1.807) is 20.8 Å². The van der Waals surface area contributed by atoms with E-state index in [1.807, 2.05) is 32.0 Å². The number of phenolic OH excluding ortho intramolecular Hbond substituents is 1. The first-order valence-corrected chi connectivity index (χ1v) is 17.0. The molecule has 0 aliphatic heterocycles. The van der Waals surface area contributed by atoms with E-state index >= 15 is 0 Å². The zero-order valence-electron chi connectivity index (χ0n) is 25.5. The van der Waals surface area contributed by atoms with E-state index in [1.165, 1.54) is 18.2 Å². The van der Waals surface area contributed by atoms with E-state index in [-0.39, 0.29) is 45.0 Å². The van der Waals surface area contributed by atoms with Crippen LogP contribution >= 0.6 is 11.6 Å². The van der Waals surface area contributed by atoms with E-state index in [4.69, 9.17) is 11.6 Å². The molecule has 0 aliphatic rings. The van der Waals surface area contributed by atoms with E-state index in [2.05, 4.69) is 35.8 Å². The number of rotatable bonds is 8. The Morgan fingerprint density at radius 1 is 0.702 bits per heavy atom. The summed E-state index contributed by atoms with van der Waals surface area (Å²) < 4.78 is 68.1. The molecule has 14 nitrogen and oxygen atoms in total. The van der Waals surface area contributed by atoms with Gasteiger partial charge in [0, 0.05) is 11.1 Å². The van der Waals surface area contributed by atoms with Gasteiger partial charge in [-0.25, -0.2) is 0 Å². The van der Waals surface area contributed by atoms with E-state index in [9.17, 15) is 31.0 Å². The van der Waals surface area contributed by atoms with Crippen LogP contribution in [-0.4, -0.2) is 46.0 Å². The topological polar surface area (TPSA) is 216 Å². The highest BCUT2D eigenvalue weighted by molar-refractivity contribution is 7.86. The van der Waals surface area contributed by atoms with Gasteiger partial charge in [-0.3, -0.25) is 9.11 Å². The molecule has 0 saturated heterocycles. The highest BCUT2D eigenvalue weighted by Gasteiger charge is 2.22. The number of phenols is 1. The first kappa shape index (κ1) is 33.6. The van der Waals surface area contributed by atoms with Crippen molar-refractivity contribution in [2.75, 3.05) is 10.6 Å². The fraction of sp³-hybridized carbons (Fsp3) is 0.167. The van der Waals surface area contributed by atoms with Crippen LogP contribution in [0.5, 0.6) is 5.75 Å². The van der Waals surface area contributed by atoms with E-state index < -0.39 is 35.8 Å². The molecule has 0 bridgehead atoms. The van der Waals surface area contributed by atoms with Crippen molar-refractivity contribution in [1.82, 2.24) is 15.0 Å². The molecule has 0 aliphatic carbocycles. The van der Waals surface area contributed by atoms with Gasteiger partial charge in [-0.1, -0.05) is 17.7 Å². The predicted octanol–water partition coefficient (Wildman–Crippen LogP) is 7.32. The smallest absolute Gasteiger partial charge is 0.296 e. The molecule has 0 amide bonds. The van der Waals surface area contributed by atoms with Gasteiger partial charge in [-0.2, -0.15) is 31.8 Å². The Bertz CT molecular complexity index is 2350. The Hall–Kier alpha value is -4.74. The van der Waals surface area contributed by atoms with Crippen LogP contribution in [0.4, 0.5) is 34.6 Å². The highest BCUT2D eigenvalue weighted by Crippen LogP contribution is 2.44. The molecule has 47 heavy (non-hydrogen) atoms. The Morgan fingerprint density at radius 2 is 1.34 bits per heavy atom. The van der Waals surface area contributed by atoms with Gasteiger partial charge in [0.25, 0.3) is 20.2 Å². The number of nitrogens with one attached hydrogen (secondary N) is 2. The van der Waals surface area contributed by atoms with Crippen molar-refractivity contribution in [2.45, 2.75) is 44.4 Å². The third kappa shape index (κ3) is 7.31. The third-order valence-electron chi connectivity index (χ3n) is 7.24. The minimum atomic E-state index is -4.72. The fourth-order valence-corrected chi connectivity index (χ4v) is 6.21. The molecule has 0 atom stereocenters. The normalized spacial score (nSPS) is 12.2. The summed E-state index contributed by atoms with van der Waals surface area (Å²) in [4.78, 5) is 11.5. The monoisotopic (exact) mass is 697 g/mol. The van der Waals surface area contributed by atoms with Crippen molar-refractivity contribution in [1.29, 1.82) is 0 Å². The van der Waals surface area contributed by atoms with Crippen molar-refractivity contribution >= 4 is 77.3 Å². The van der Waals surface area contributed by atoms with Crippen molar-refractivity contribution in [3.05, 3.63) is 81.6 Å². The number of azo groups is 1. The Morgan fingerprint density at radius 3 is 1.96 bits per heavy atom. The van der Waals surface area contributed by atoms with Gasteiger partial charge >= 0.3 is 0 Å². The van der Waals surface area contributed by atoms with Gasteiger partial charge < -0.3 is 15.7 Å². The second-order valence-corrected chi connectivity index (χ2v) is 14.0. The van der Waals surface area contributed by atoms with Crippen LogP contribution in [0.2, 0.25) is 5.28 Å². The maximum absolute atomic E-state index is 12.2. The molecule has 5 rings (SSSR count). The van der Waals surface area contributed by atoms with E-state index in [0.717, 1.165) is 23.3 Å². The van der Waals surface area contributed by atoms with Gasteiger partial charge in [-0.05, 0) is 110 Å². The summed E-state index contributed by atoms with van der Waals surface area (Å²) in [5.41, 5.74) is 3.93. The summed E-state index contributed by atoms with van der Waals surface area (Å²) in [6.07, 6.45) is 0. The number of nitrogens with zero attached hydrogens (tertiary/aromatic N) is 5. The molecule has 0 fully saturated rings. The maximum atomic E-state index is 12.2. The summed E-state index contributed by atoms with van der Waals surface area (Å²) >= 11 is 6.20. The van der Waals surface area contributed by atoms with Crippen molar-refractivity contribution < 1.29 is 31.0 Å². The molecular formula is C30H28ClN7O7S2. The first-order valence-electron chi connectivity index (χ1n) is 13.7. The standard InChI is InChI=1S/C30H28ClN7O7S2/c1-14-6-7-21(17(4)8-14)32-29-34-28(31)35-30(36-29)33-23-13-20(46(40,41)42)12-19-9-18(5)26(27(39)25(19)23)38-37-22-10-15(2)16(3)11-24(22)47(43,44)45/h6-13,39H,1-5H3,(H,40,41,42)(H,43,44,45)(H2,32,33,34,35,36). The molecule has 244 valence electrons. The van der Waals surface area contributed by atoms with Crippen LogP contribution in [-0.2, 0) is 20.2 Å². The fourth-order valence-electron chi connectivity index (χ4n) is 4.82. The van der Waals surface area contributed by atoms with Gasteiger partial charge in [0.05, 0.1) is 10.6 Å². The summed E-state index contributed by atoms with van der Waals surface area (Å²) in [5, 5.41) is 25.5. The SMILES string of the molecule is Cc1ccc(Nc2nc(Cl)nc(Nc3cc(S(=O)(=O)O)cc4cc(C)c(N=Nc5cc(C)c(C)cc5S(=O)(=O)O)c(O)c34)n2)c(C)c1. The molecule has 0 radical (unpaired) electrons. The molecule has 1 aromatic heterocycles. The number of fused-ring (bicyclic) bond motifs is 1. The van der Waals surface area contributed by atoms with Gasteiger partial charge in [0.15, 0.2) is 5.75 Å². The number of hydrogen-bond acceptors (Lipinski definition) is 12. The molecular weight excluding hydrogens is 670 g/mol. The quantitative estimate of drug-likeness (QED) is 0.0796. The summed E-state index contributed by atoms with van der Waals surface area (Å²) in [5.74, 6) is -0.548. The average Bonchev–Trinajstić information content (AvgIpc) is 2.94. The van der Waals surface area contributed by atoms with Gasteiger partial charge in [0.2, 0.25) is 17.2 Å². The molecule has 0 spiro atoms. The number of halogens is 1.